The van der Waals surface area contributed by atoms with Gasteiger partial charge in [-0.15, -0.1) is 0 Å². The minimum atomic E-state index is -4.07. The van der Waals surface area contributed by atoms with Crippen molar-refractivity contribution in [3.63, 3.8) is 0 Å². The van der Waals surface area contributed by atoms with Gasteiger partial charge in [0.15, 0.2) is 11.6 Å². The Labute approximate surface area is 262 Å². The van der Waals surface area contributed by atoms with Gasteiger partial charge in [-0.25, -0.2) is 0 Å². The first-order valence-corrected chi connectivity index (χ1v) is 17.8. The van der Waals surface area contributed by atoms with Gasteiger partial charge in [0.1, 0.15) is 24.3 Å². The third-order valence-electron chi connectivity index (χ3n) is 7.63. The van der Waals surface area contributed by atoms with Crippen molar-refractivity contribution in [3.8, 4) is 0 Å². The summed E-state index contributed by atoms with van der Waals surface area (Å²) in [6.45, 7) is 18.7. The molecule has 0 fully saturated rings. The van der Waals surface area contributed by atoms with Gasteiger partial charge in [0.2, 0.25) is 0 Å². The van der Waals surface area contributed by atoms with Gasteiger partial charge in [-0.05, 0) is 81.1 Å². The molecule has 43 heavy (non-hydrogen) atoms. The maximum absolute atomic E-state index is 12.8. The van der Waals surface area contributed by atoms with Gasteiger partial charge in [0, 0.05) is 32.5 Å². The number of hydrogen-bond acceptors (Lipinski definition) is 8. The van der Waals surface area contributed by atoms with Gasteiger partial charge in [-0.3, -0.25) is 14.1 Å². The van der Waals surface area contributed by atoms with Crippen LogP contribution in [0.5, 0.6) is 0 Å². The van der Waals surface area contributed by atoms with Gasteiger partial charge in [-0.1, -0.05) is 12.8 Å². The van der Waals surface area contributed by atoms with Crippen LogP contribution in [0.25, 0.3) is 0 Å². The van der Waals surface area contributed by atoms with Gasteiger partial charge < -0.3 is 23.4 Å². The summed E-state index contributed by atoms with van der Waals surface area (Å²) in [5.74, 6) is -0.233. The van der Waals surface area contributed by atoms with Crippen LogP contribution in [-0.4, -0.2) is 111 Å². The van der Waals surface area contributed by atoms with E-state index in [1.54, 1.807) is 27.7 Å². The number of Topliss-reactive ketones (excluding diaryl/α,β-unsaturated/α-hetero) is 2. The molecular formula is C32H64NO9S+. The summed E-state index contributed by atoms with van der Waals surface area (Å²) in [6.07, 6.45) is 6.83. The molecule has 0 heterocycles. The highest BCUT2D eigenvalue weighted by Crippen LogP contribution is 2.19. The van der Waals surface area contributed by atoms with Crippen LogP contribution in [0.2, 0.25) is 0 Å². The second-order valence-corrected chi connectivity index (χ2v) is 15.0. The Bertz CT molecular complexity index is 835. The zero-order valence-corrected chi connectivity index (χ0v) is 29.6. The van der Waals surface area contributed by atoms with E-state index >= 15 is 0 Å². The molecule has 0 aliphatic heterocycles. The Morgan fingerprint density at radius 2 is 1.05 bits per heavy atom. The Hall–Kier alpha value is -0.950. The lowest BCUT2D eigenvalue weighted by molar-refractivity contribution is -0.910. The number of ether oxygens (including phenoxy) is 4. The van der Waals surface area contributed by atoms with Gasteiger partial charge in [-0.2, -0.15) is 8.42 Å². The average Bonchev–Trinajstić information content (AvgIpc) is 2.86. The highest BCUT2D eigenvalue weighted by molar-refractivity contribution is 7.85. The van der Waals surface area contributed by atoms with Crippen molar-refractivity contribution in [2.75, 3.05) is 58.9 Å². The second-order valence-electron chi connectivity index (χ2n) is 13.5. The number of hydrogen-bond donors (Lipinski definition) is 1. The number of carbonyl (C=O) groups is 2. The lowest BCUT2D eigenvalue weighted by Gasteiger charge is -2.36. The normalized spacial score (nSPS) is 13.3. The monoisotopic (exact) mass is 638 g/mol. The molecule has 0 saturated heterocycles. The lowest BCUT2D eigenvalue weighted by atomic mass is 9.98. The van der Waals surface area contributed by atoms with Crippen molar-refractivity contribution >= 4 is 21.7 Å². The number of ketones is 2. The molecule has 0 aromatic rings. The zero-order chi connectivity index (χ0) is 33.2. The Morgan fingerprint density at radius 3 is 1.40 bits per heavy atom. The standard InChI is InChI=1S/C32H63NO9S/c1-27(2)39-22-14-10-12-17-29(34)31(5,6)41-24-20-33(9,19-16-26-43(36,37)38)21-25-42-32(7,8)30(35)18-13-11-15-23-40-28(3)4/h27-28H,10-26H2,1-9H3/p+1. The van der Waals surface area contributed by atoms with E-state index in [1.165, 1.54) is 0 Å². The molecule has 0 unspecified atom stereocenters. The summed E-state index contributed by atoms with van der Waals surface area (Å²) < 4.78 is 55.5. The summed E-state index contributed by atoms with van der Waals surface area (Å²) in [7, 11) is -2.10. The maximum Gasteiger partial charge on any atom is 0.265 e. The minimum Gasteiger partial charge on any atom is -0.379 e. The summed E-state index contributed by atoms with van der Waals surface area (Å²) in [5.41, 5.74) is -1.86. The van der Waals surface area contributed by atoms with Crippen LogP contribution in [-0.2, 0) is 38.7 Å². The molecule has 0 aromatic heterocycles. The molecule has 0 aliphatic rings. The number of nitrogens with zero attached hydrogens (tertiary/aromatic N) is 1. The van der Waals surface area contributed by atoms with E-state index in [2.05, 4.69) is 0 Å². The highest BCUT2D eigenvalue weighted by atomic mass is 32.2. The van der Waals surface area contributed by atoms with Gasteiger partial charge >= 0.3 is 0 Å². The van der Waals surface area contributed by atoms with Crippen molar-refractivity contribution in [1.29, 1.82) is 0 Å². The Balaban J connectivity index is 4.85. The molecule has 0 rings (SSSR count). The number of rotatable bonds is 28. The van der Waals surface area contributed by atoms with Crippen LogP contribution >= 0.6 is 0 Å². The predicted molar refractivity (Wildman–Crippen MR) is 171 cm³/mol. The predicted octanol–water partition coefficient (Wildman–Crippen LogP) is 5.41. The topological polar surface area (TPSA) is 125 Å². The van der Waals surface area contributed by atoms with E-state index in [1.807, 2.05) is 34.7 Å². The van der Waals surface area contributed by atoms with Crippen LogP contribution in [0, 0.1) is 0 Å². The lowest BCUT2D eigenvalue weighted by Crippen LogP contribution is -2.51. The van der Waals surface area contributed by atoms with E-state index in [0.29, 0.717) is 63.4 Å². The van der Waals surface area contributed by atoms with E-state index in [-0.39, 0.29) is 35.9 Å². The second kappa shape index (κ2) is 21.0. The highest BCUT2D eigenvalue weighted by Gasteiger charge is 2.32. The van der Waals surface area contributed by atoms with Crippen LogP contribution in [0.15, 0.2) is 0 Å². The fourth-order valence-electron chi connectivity index (χ4n) is 4.54. The molecule has 10 nitrogen and oxygen atoms in total. The quantitative estimate of drug-likeness (QED) is 0.0680. The minimum absolute atomic E-state index is 0.0499. The fraction of sp³-hybridized carbons (Fsp3) is 0.938. The number of unbranched alkanes of at least 4 members (excludes halogenated alkanes) is 4. The molecule has 0 amide bonds. The third-order valence-corrected chi connectivity index (χ3v) is 8.43. The van der Waals surface area contributed by atoms with Crippen molar-refractivity contribution in [2.45, 2.75) is 137 Å². The molecule has 11 heteroatoms. The maximum atomic E-state index is 12.8. The molecule has 0 aliphatic carbocycles. The van der Waals surface area contributed by atoms with Crippen molar-refractivity contribution in [2.24, 2.45) is 0 Å². The van der Waals surface area contributed by atoms with Crippen LogP contribution in [0.3, 0.4) is 0 Å². The summed E-state index contributed by atoms with van der Waals surface area (Å²) in [4.78, 5) is 25.7. The summed E-state index contributed by atoms with van der Waals surface area (Å²) in [5, 5.41) is 0. The Morgan fingerprint density at radius 1 is 0.651 bits per heavy atom. The number of carbonyl (C=O) groups excluding carboxylic acids is 2. The van der Waals surface area contributed by atoms with Crippen molar-refractivity contribution < 1.29 is 46.0 Å². The summed E-state index contributed by atoms with van der Waals surface area (Å²) >= 11 is 0. The van der Waals surface area contributed by atoms with Gasteiger partial charge in [0.05, 0.1) is 44.8 Å². The molecule has 256 valence electrons. The van der Waals surface area contributed by atoms with Crippen molar-refractivity contribution in [3.05, 3.63) is 0 Å². The van der Waals surface area contributed by atoms with E-state index in [0.717, 1.165) is 38.5 Å². The first kappa shape index (κ1) is 42.0. The SMILES string of the molecule is CC(C)OCCCCCC(=O)C(C)(C)OCC[N+](C)(CCCS(=O)(=O)O)CCOC(C)(C)C(=O)CCCCCOC(C)C. The molecule has 0 bridgehead atoms. The molecule has 0 radical (unpaired) electrons. The third kappa shape index (κ3) is 22.2. The molecular weight excluding hydrogens is 574 g/mol. The van der Waals surface area contributed by atoms with Crippen LogP contribution in [0.4, 0.5) is 0 Å². The number of likely N-dealkylation sites (N-methyl/N-ethyl adjacent to an activating group) is 1. The molecule has 0 saturated carbocycles. The number of quaternary nitrogens is 1. The first-order valence-electron chi connectivity index (χ1n) is 16.2. The summed E-state index contributed by atoms with van der Waals surface area (Å²) in [6, 6.07) is 0. The first-order chi connectivity index (χ1) is 19.8. The molecule has 0 atom stereocenters. The average molecular weight is 639 g/mol. The van der Waals surface area contributed by atoms with Crippen LogP contribution < -0.4 is 0 Å². The molecule has 0 spiro atoms. The van der Waals surface area contributed by atoms with E-state index < -0.39 is 21.3 Å². The van der Waals surface area contributed by atoms with Gasteiger partial charge in [0.25, 0.3) is 10.1 Å². The fourth-order valence-corrected chi connectivity index (χ4v) is 5.03. The largest absolute Gasteiger partial charge is 0.379 e. The van der Waals surface area contributed by atoms with E-state index in [4.69, 9.17) is 18.9 Å². The molecule has 1 N–H and O–H groups in total. The zero-order valence-electron chi connectivity index (χ0n) is 28.7. The van der Waals surface area contributed by atoms with Crippen LogP contribution in [0.1, 0.15) is 113 Å². The Kier molecular flexibility index (Phi) is 20.5. The molecule has 0 aromatic carbocycles. The smallest absolute Gasteiger partial charge is 0.265 e. The van der Waals surface area contributed by atoms with Crippen molar-refractivity contribution in [1.82, 2.24) is 0 Å². The van der Waals surface area contributed by atoms with E-state index in [9.17, 15) is 22.6 Å².